The third kappa shape index (κ3) is 1.98. The summed E-state index contributed by atoms with van der Waals surface area (Å²) in [6.45, 7) is 0. The molecule has 3 rings (SSSR count). The number of ketones is 1. The monoisotopic (exact) mass is 270 g/mol. The van der Waals surface area contributed by atoms with Gasteiger partial charge in [0.15, 0.2) is 5.78 Å². The van der Waals surface area contributed by atoms with Crippen molar-refractivity contribution in [1.29, 1.82) is 0 Å². The second-order valence-electron chi connectivity index (χ2n) is 4.32. The molecule has 94 valence electrons. The third-order valence-electron chi connectivity index (χ3n) is 3.07. The molecule has 1 heterocycles. The number of rotatable bonds is 2. The van der Waals surface area contributed by atoms with Crippen LogP contribution in [-0.4, -0.2) is 10.8 Å². The zero-order valence-electron chi connectivity index (χ0n) is 9.98. The van der Waals surface area contributed by atoms with Gasteiger partial charge in [0.05, 0.1) is 5.02 Å². The normalized spacial score (nSPS) is 10.8. The molecular formula is C15H11ClN2O. The molecular weight excluding hydrogens is 260 g/mol. The summed E-state index contributed by atoms with van der Waals surface area (Å²) in [6.07, 6.45) is 1.69. The first-order valence-electron chi connectivity index (χ1n) is 5.82. The van der Waals surface area contributed by atoms with E-state index in [1.165, 1.54) is 0 Å². The predicted octanol–water partition coefficient (Wildman–Crippen LogP) is 3.63. The summed E-state index contributed by atoms with van der Waals surface area (Å²) in [4.78, 5) is 15.5. The fraction of sp³-hybridized carbons (Fsp3) is 0. The lowest BCUT2D eigenvalue weighted by atomic mass is 10.0. The molecule has 0 saturated carbocycles. The average molecular weight is 271 g/mol. The van der Waals surface area contributed by atoms with Crippen LogP contribution in [0.3, 0.4) is 0 Å². The zero-order chi connectivity index (χ0) is 13.4. The molecule has 0 unspecified atom stereocenters. The molecule has 4 heteroatoms. The van der Waals surface area contributed by atoms with E-state index in [0.717, 1.165) is 10.9 Å². The Balaban J connectivity index is 2.14. The van der Waals surface area contributed by atoms with Gasteiger partial charge in [-0.1, -0.05) is 17.7 Å². The van der Waals surface area contributed by atoms with Crippen molar-refractivity contribution in [3.05, 3.63) is 64.8 Å². The first-order valence-corrected chi connectivity index (χ1v) is 6.20. The molecule has 3 aromatic rings. The Morgan fingerprint density at radius 2 is 1.84 bits per heavy atom. The zero-order valence-corrected chi connectivity index (χ0v) is 10.7. The smallest absolute Gasteiger partial charge is 0.195 e. The van der Waals surface area contributed by atoms with E-state index in [4.69, 9.17) is 17.3 Å². The number of fused-ring (bicyclic) bond motifs is 1. The van der Waals surface area contributed by atoms with Crippen molar-refractivity contribution in [2.45, 2.75) is 0 Å². The van der Waals surface area contributed by atoms with E-state index < -0.39 is 0 Å². The van der Waals surface area contributed by atoms with E-state index in [2.05, 4.69) is 4.98 Å². The number of nitrogen functional groups attached to an aromatic ring is 1. The molecule has 19 heavy (non-hydrogen) atoms. The van der Waals surface area contributed by atoms with Crippen LogP contribution in [0.25, 0.3) is 10.9 Å². The van der Waals surface area contributed by atoms with Crippen LogP contribution in [-0.2, 0) is 0 Å². The topological polar surface area (TPSA) is 58.9 Å². The summed E-state index contributed by atoms with van der Waals surface area (Å²) >= 11 is 6.17. The number of carbonyl (C=O) groups excluding carboxylic acids is 1. The lowest BCUT2D eigenvalue weighted by Crippen LogP contribution is -2.00. The quantitative estimate of drug-likeness (QED) is 0.552. The number of halogens is 1. The highest BCUT2D eigenvalue weighted by Gasteiger charge is 2.15. The van der Waals surface area contributed by atoms with E-state index in [1.807, 2.05) is 12.1 Å². The van der Waals surface area contributed by atoms with Gasteiger partial charge in [0.25, 0.3) is 0 Å². The van der Waals surface area contributed by atoms with Crippen molar-refractivity contribution in [3.63, 3.8) is 0 Å². The van der Waals surface area contributed by atoms with Gasteiger partial charge in [-0.25, -0.2) is 0 Å². The third-order valence-corrected chi connectivity index (χ3v) is 3.39. The van der Waals surface area contributed by atoms with Crippen molar-refractivity contribution < 1.29 is 4.79 Å². The fourth-order valence-electron chi connectivity index (χ4n) is 2.11. The number of nitrogens with two attached hydrogens (primary N) is 1. The Kier molecular flexibility index (Phi) is 2.76. The molecule has 0 atom stereocenters. The van der Waals surface area contributed by atoms with E-state index >= 15 is 0 Å². The van der Waals surface area contributed by atoms with Gasteiger partial charge in [0.1, 0.15) is 0 Å². The van der Waals surface area contributed by atoms with Crippen LogP contribution in [0.1, 0.15) is 15.9 Å². The van der Waals surface area contributed by atoms with Crippen LogP contribution < -0.4 is 5.73 Å². The van der Waals surface area contributed by atoms with Gasteiger partial charge in [-0.05, 0) is 36.4 Å². The van der Waals surface area contributed by atoms with Crippen LogP contribution in [0.15, 0.2) is 48.7 Å². The Morgan fingerprint density at radius 3 is 2.58 bits per heavy atom. The number of anilines is 1. The SMILES string of the molecule is Nc1ccc(C(=O)c2c[nH]c3cccc(Cl)c23)cc1. The standard InChI is InChI=1S/C15H11ClN2O/c16-12-2-1-3-13-14(12)11(8-18-13)15(19)9-4-6-10(17)7-5-9/h1-8,18H,17H2. The minimum Gasteiger partial charge on any atom is -0.399 e. The van der Waals surface area contributed by atoms with E-state index in [-0.39, 0.29) is 5.78 Å². The second-order valence-corrected chi connectivity index (χ2v) is 4.72. The maximum absolute atomic E-state index is 12.5. The maximum atomic E-state index is 12.5. The Labute approximate surface area is 115 Å². The number of hydrogen-bond donors (Lipinski definition) is 2. The maximum Gasteiger partial charge on any atom is 0.195 e. The van der Waals surface area contributed by atoms with Crippen molar-refractivity contribution in [2.75, 3.05) is 5.73 Å². The molecule has 0 aliphatic heterocycles. The van der Waals surface area contributed by atoms with E-state index in [0.29, 0.717) is 21.8 Å². The molecule has 0 aliphatic rings. The number of aromatic amines is 1. The van der Waals surface area contributed by atoms with Gasteiger partial charge in [-0.15, -0.1) is 0 Å². The Hall–Kier alpha value is -2.26. The summed E-state index contributed by atoms with van der Waals surface area (Å²) < 4.78 is 0. The first kappa shape index (κ1) is 11.8. The van der Waals surface area contributed by atoms with Crippen molar-refractivity contribution in [3.8, 4) is 0 Å². The molecule has 0 fully saturated rings. The molecule has 2 aromatic carbocycles. The van der Waals surface area contributed by atoms with E-state index in [1.54, 1.807) is 36.5 Å². The van der Waals surface area contributed by atoms with Crippen LogP contribution in [0.5, 0.6) is 0 Å². The van der Waals surface area contributed by atoms with Gasteiger partial charge in [-0.2, -0.15) is 0 Å². The molecule has 3 N–H and O–H groups in total. The number of benzene rings is 2. The van der Waals surface area contributed by atoms with Gasteiger partial charge in [-0.3, -0.25) is 4.79 Å². The lowest BCUT2D eigenvalue weighted by Gasteiger charge is -2.01. The fourth-order valence-corrected chi connectivity index (χ4v) is 2.39. The molecule has 3 nitrogen and oxygen atoms in total. The molecule has 0 saturated heterocycles. The van der Waals surface area contributed by atoms with Crippen molar-refractivity contribution in [1.82, 2.24) is 4.98 Å². The first-order chi connectivity index (χ1) is 9.16. The summed E-state index contributed by atoms with van der Waals surface area (Å²) in [5, 5.41) is 1.32. The summed E-state index contributed by atoms with van der Waals surface area (Å²) in [5.41, 5.74) is 8.27. The van der Waals surface area contributed by atoms with E-state index in [9.17, 15) is 4.79 Å². The van der Waals surface area contributed by atoms with Gasteiger partial charge in [0.2, 0.25) is 0 Å². The largest absolute Gasteiger partial charge is 0.399 e. The van der Waals surface area contributed by atoms with Crippen LogP contribution in [0.2, 0.25) is 5.02 Å². The highest BCUT2D eigenvalue weighted by molar-refractivity contribution is 6.37. The van der Waals surface area contributed by atoms with Gasteiger partial charge >= 0.3 is 0 Å². The summed E-state index contributed by atoms with van der Waals surface area (Å²) in [6, 6.07) is 12.4. The predicted molar refractivity (Wildman–Crippen MR) is 77.6 cm³/mol. The second kappa shape index (κ2) is 4.44. The number of hydrogen-bond acceptors (Lipinski definition) is 2. The molecule has 0 spiro atoms. The minimum absolute atomic E-state index is 0.0700. The highest BCUT2D eigenvalue weighted by Crippen LogP contribution is 2.28. The number of carbonyl (C=O) groups is 1. The number of aromatic nitrogens is 1. The highest BCUT2D eigenvalue weighted by atomic mass is 35.5. The molecule has 1 aromatic heterocycles. The summed E-state index contributed by atoms with van der Waals surface area (Å²) in [5.74, 6) is -0.0700. The molecule has 0 bridgehead atoms. The van der Waals surface area contributed by atoms with Gasteiger partial charge < -0.3 is 10.7 Å². The average Bonchev–Trinajstić information content (AvgIpc) is 2.84. The number of nitrogens with one attached hydrogen (secondary N) is 1. The minimum atomic E-state index is -0.0700. The van der Waals surface area contributed by atoms with Gasteiger partial charge in [0, 0.05) is 33.9 Å². The summed E-state index contributed by atoms with van der Waals surface area (Å²) in [7, 11) is 0. The molecule has 0 amide bonds. The number of H-pyrrole nitrogens is 1. The Morgan fingerprint density at radius 1 is 1.11 bits per heavy atom. The Bertz CT molecular complexity index is 759. The molecule has 0 radical (unpaired) electrons. The van der Waals surface area contributed by atoms with Crippen molar-refractivity contribution in [2.24, 2.45) is 0 Å². The molecule has 0 aliphatic carbocycles. The lowest BCUT2D eigenvalue weighted by molar-refractivity contribution is 0.104. The van der Waals surface area contributed by atoms with Crippen LogP contribution in [0, 0.1) is 0 Å². The van der Waals surface area contributed by atoms with Crippen LogP contribution >= 0.6 is 11.6 Å². The van der Waals surface area contributed by atoms with Crippen molar-refractivity contribution >= 4 is 34.0 Å². The van der Waals surface area contributed by atoms with Crippen LogP contribution in [0.4, 0.5) is 5.69 Å².